The molecule has 0 radical (unpaired) electrons. The zero-order valence-corrected chi connectivity index (χ0v) is 18.1. The van der Waals surface area contributed by atoms with Crippen molar-refractivity contribution in [2.24, 2.45) is 0 Å². The number of carbonyl (C=O) groups is 1. The second kappa shape index (κ2) is 8.27. The minimum absolute atomic E-state index is 0.00933. The van der Waals surface area contributed by atoms with E-state index in [2.05, 4.69) is 33.8 Å². The highest BCUT2D eigenvalue weighted by Crippen LogP contribution is 2.30. The maximum Gasteiger partial charge on any atom is 0.227 e. The average molecular weight is 406 g/mol. The number of amides is 1. The Kier molecular flexibility index (Phi) is 6.18. The number of nitrogens with zero attached hydrogens (tertiary/aromatic N) is 1. The van der Waals surface area contributed by atoms with Crippen molar-refractivity contribution >= 4 is 26.7 Å². The third kappa shape index (κ3) is 4.43. The van der Waals surface area contributed by atoms with Crippen molar-refractivity contribution in [1.82, 2.24) is 4.90 Å². The second-order valence-electron chi connectivity index (χ2n) is 8.29. The number of aryl methyl sites for hydroxylation is 1. The van der Waals surface area contributed by atoms with E-state index in [4.69, 9.17) is 4.42 Å². The van der Waals surface area contributed by atoms with E-state index in [1.807, 2.05) is 6.07 Å². The fraction of sp³-hybridized carbons (Fsp3) is 0.591. The van der Waals surface area contributed by atoms with Crippen LogP contribution in [-0.4, -0.2) is 43.3 Å². The van der Waals surface area contributed by atoms with Gasteiger partial charge in [0.1, 0.15) is 5.58 Å². The van der Waals surface area contributed by atoms with Gasteiger partial charge >= 0.3 is 0 Å². The monoisotopic (exact) mass is 405 g/mol. The molecule has 0 aliphatic carbocycles. The SMILES string of the molecule is CCCCN(C(=O)Cc1coc2cc(C)c(C(C)C)cc12)[C@@H]1CCS(=O)(=O)C1. The summed E-state index contributed by atoms with van der Waals surface area (Å²) >= 11 is 0. The summed E-state index contributed by atoms with van der Waals surface area (Å²) in [4.78, 5) is 14.9. The molecule has 1 saturated heterocycles. The van der Waals surface area contributed by atoms with Gasteiger partial charge in [-0.3, -0.25) is 4.79 Å². The Morgan fingerprint density at radius 2 is 2.07 bits per heavy atom. The summed E-state index contributed by atoms with van der Waals surface area (Å²) in [5, 5.41) is 0.983. The predicted molar refractivity (Wildman–Crippen MR) is 112 cm³/mol. The summed E-state index contributed by atoms with van der Waals surface area (Å²) in [6, 6.07) is 3.98. The van der Waals surface area contributed by atoms with E-state index in [0.717, 1.165) is 29.4 Å². The number of rotatable bonds is 7. The number of hydrogen-bond donors (Lipinski definition) is 0. The molecule has 1 aromatic carbocycles. The molecule has 0 saturated carbocycles. The lowest BCUT2D eigenvalue weighted by atomic mass is 9.95. The Morgan fingerprint density at radius 1 is 1.32 bits per heavy atom. The quantitative estimate of drug-likeness (QED) is 0.691. The molecule has 1 fully saturated rings. The first kappa shape index (κ1) is 20.9. The van der Waals surface area contributed by atoms with Crippen LogP contribution < -0.4 is 0 Å². The van der Waals surface area contributed by atoms with Crippen molar-refractivity contribution < 1.29 is 17.6 Å². The Balaban J connectivity index is 1.86. The van der Waals surface area contributed by atoms with Gasteiger partial charge in [0, 0.05) is 23.5 Å². The van der Waals surface area contributed by atoms with Gasteiger partial charge in [-0.15, -0.1) is 0 Å². The van der Waals surface area contributed by atoms with Gasteiger partial charge in [-0.2, -0.15) is 0 Å². The van der Waals surface area contributed by atoms with E-state index >= 15 is 0 Å². The molecule has 5 nitrogen and oxygen atoms in total. The molecule has 0 bridgehead atoms. The molecule has 0 N–H and O–H groups in total. The van der Waals surface area contributed by atoms with Crippen LogP contribution in [0.25, 0.3) is 11.0 Å². The lowest BCUT2D eigenvalue weighted by molar-refractivity contribution is -0.132. The minimum Gasteiger partial charge on any atom is -0.464 e. The highest BCUT2D eigenvalue weighted by molar-refractivity contribution is 7.91. The van der Waals surface area contributed by atoms with Crippen LogP contribution in [0.4, 0.5) is 0 Å². The number of carbonyl (C=O) groups excluding carboxylic acids is 1. The van der Waals surface area contributed by atoms with Crippen molar-refractivity contribution in [2.75, 3.05) is 18.1 Å². The third-order valence-corrected chi connectivity index (χ3v) is 7.48. The molecular weight excluding hydrogens is 374 g/mol. The van der Waals surface area contributed by atoms with Crippen molar-refractivity contribution in [1.29, 1.82) is 0 Å². The molecular formula is C22H31NO4S. The van der Waals surface area contributed by atoms with Gasteiger partial charge in [-0.1, -0.05) is 27.2 Å². The molecule has 154 valence electrons. The van der Waals surface area contributed by atoms with Gasteiger partial charge in [0.05, 0.1) is 24.2 Å². The number of fused-ring (bicyclic) bond motifs is 1. The van der Waals surface area contributed by atoms with Crippen molar-refractivity contribution in [3.63, 3.8) is 0 Å². The molecule has 2 aromatic rings. The highest BCUT2D eigenvalue weighted by atomic mass is 32.2. The van der Waals surface area contributed by atoms with Crippen LogP contribution in [0.3, 0.4) is 0 Å². The standard InChI is InChI=1S/C22H31NO4S/c1-5-6-8-23(18-7-9-28(25,26)14-18)22(24)11-17-13-27-21-10-16(4)19(15(2)3)12-20(17)21/h10,12-13,15,18H,5-9,11,14H2,1-4H3/t18-/m1/s1. The van der Waals surface area contributed by atoms with Crippen LogP contribution in [0.2, 0.25) is 0 Å². The van der Waals surface area contributed by atoms with Crippen LogP contribution in [0.15, 0.2) is 22.8 Å². The number of furan rings is 1. The molecule has 1 amide bonds. The average Bonchev–Trinajstić information content (AvgIpc) is 3.17. The maximum atomic E-state index is 13.1. The van der Waals surface area contributed by atoms with E-state index < -0.39 is 9.84 Å². The zero-order chi connectivity index (χ0) is 20.5. The lowest BCUT2D eigenvalue weighted by Crippen LogP contribution is -2.42. The summed E-state index contributed by atoms with van der Waals surface area (Å²) < 4.78 is 29.5. The number of benzene rings is 1. The molecule has 2 heterocycles. The zero-order valence-electron chi connectivity index (χ0n) is 17.3. The van der Waals surface area contributed by atoms with E-state index in [1.54, 1.807) is 11.2 Å². The molecule has 0 unspecified atom stereocenters. The van der Waals surface area contributed by atoms with Gasteiger partial charge < -0.3 is 9.32 Å². The Hall–Kier alpha value is -1.82. The first-order valence-corrected chi connectivity index (χ1v) is 12.0. The van der Waals surface area contributed by atoms with Crippen LogP contribution in [-0.2, 0) is 21.1 Å². The normalized spacial score (nSPS) is 18.8. The fourth-order valence-corrected chi connectivity index (χ4v) is 5.86. The van der Waals surface area contributed by atoms with Crippen molar-refractivity contribution in [3.8, 4) is 0 Å². The third-order valence-electron chi connectivity index (χ3n) is 5.73. The van der Waals surface area contributed by atoms with E-state index in [1.165, 1.54) is 11.1 Å². The lowest BCUT2D eigenvalue weighted by Gasteiger charge is -2.28. The van der Waals surface area contributed by atoms with E-state index in [0.29, 0.717) is 18.9 Å². The minimum atomic E-state index is -3.03. The summed E-state index contributed by atoms with van der Waals surface area (Å²) in [6.45, 7) is 9.09. The van der Waals surface area contributed by atoms with Crippen molar-refractivity contribution in [3.05, 3.63) is 35.1 Å². The van der Waals surface area contributed by atoms with Crippen LogP contribution >= 0.6 is 0 Å². The summed E-state index contributed by atoms with van der Waals surface area (Å²) in [7, 11) is -3.03. The fourth-order valence-electron chi connectivity index (χ4n) is 4.13. The van der Waals surface area contributed by atoms with E-state index in [9.17, 15) is 13.2 Å². The molecule has 1 aliphatic rings. The number of hydrogen-bond acceptors (Lipinski definition) is 4. The topological polar surface area (TPSA) is 67.6 Å². The highest BCUT2D eigenvalue weighted by Gasteiger charge is 2.34. The number of sulfone groups is 1. The van der Waals surface area contributed by atoms with E-state index in [-0.39, 0.29) is 29.9 Å². The Morgan fingerprint density at radius 3 is 2.68 bits per heavy atom. The molecule has 1 atom stereocenters. The molecule has 3 rings (SSSR count). The van der Waals surface area contributed by atoms with Gasteiger partial charge in [-0.05, 0) is 48.9 Å². The van der Waals surface area contributed by atoms with Gasteiger partial charge in [0.15, 0.2) is 9.84 Å². The molecule has 28 heavy (non-hydrogen) atoms. The van der Waals surface area contributed by atoms with Crippen LogP contribution in [0.1, 0.15) is 62.6 Å². The van der Waals surface area contributed by atoms with Gasteiger partial charge in [-0.25, -0.2) is 8.42 Å². The number of unbranched alkanes of at least 4 members (excludes halogenated alkanes) is 1. The smallest absolute Gasteiger partial charge is 0.227 e. The van der Waals surface area contributed by atoms with Crippen molar-refractivity contribution in [2.45, 2.75) is 65.3 Å². The summed E-state index contributed by atoms with van der Waals surface area (Å²) in [6.07, 6.45) is 4.31. The van der Waals surface area contributed by atoms with Crippen LogP contribution in [0.5, 0.6) is 0 Å². The summed E-state index contributed by atoms with van der Waals surface area (Å²) in [5.74, 6) is 0.655. The first-order chi connectivity index (χ1) is 13.2. The van der Waals surface area contributed by atoms with Gasteiger partial charge in [0.2, 0.25) is 5.91 Å². The Labute approximate surface area is 168 Å². The first-order valence-electron chi connectivity index (χ1n) is 10.2. The predicted octanol–water partition coefficient (Wildman–Crippen LogP) is 4.22. The summed E-state index contributed by atoms with van der Waals surface area (Å²) in [5.41, 5.74) is 4.13. The Bertz CT molecular complexity index is 958. The van der Waals surface area contributed by atoms with Gasteiger partial charge in [0.25, 0.3) is 0 Å². The molecule has 1 aromatic heterocycles. The molecule has 6 heteroatoms. The second-order valence-corrected chi connectivity index (χ2v) is 10.5. The largest absolute Gasteiger partial charge is 0.464 e. The molecule has 0 spiro atoms. The maximum absolute atomic E-state index is 13.1. The van der Waals surface area contributed by atoms with Crippen LogP contribution in [0, 0.1) is 6.92 Å². The molecule has 1 aliphatic heterocycles.